The number of rotatable bonds is 3. The number of carbonyl (C=O) groups excluding carboxylic acids is 1. The second-order valence-corrected chi connectivity index (χ2v) is 3.70. The molecule has 4 nitrogen and oxygen atoms in total. The molecule has 0 aliphatic rings. The summed E-state index contributed by atoms with van der Waals surface area (Å²) in [5.41, 5.74) is -0.170. The van der Waals surface area contributed by atoms with Crippen LogP contribution in [0, 0.1) is 0 Å². The molecule has 0 fully saturated rings. The Morgan fingerprint density at radius 2 is 2.17 bits per heavy atom. The molecule has 0 unspecified atom stereocenters. The van der Waals surface area contributed by atoms with Crippen molar-refractivity contribution < 1.29 is 22.7 Å². The van der Waals surface area contributed by atoms with Gasteiger partial charge in [0.1, 0.15) is 11.3 Å². The maximum absolute atomic E-state index is 12.7. The molecule has 0 saturated carbocycles. The van der Waals surface area contributed by atoms with E-state index in [4.69, 9.17) is 4.74 Å². The molecule has 18 heavy (non-hydrogen) atoms. The van der Waals surface area contributed by atoms with E-state index in [-0.39, 0.29) is 23.5 Å². The number of aromatic nitrogens is 2. The lowest BCUT2D eigenvalue weighted by atomic mass is 10.2. The van der Waals surface area contributed by atoms with Crippen LogP contribution in [0.2, 0.25) is 0 Å². The Balaban J connectivity index is 2.68. The van der Waals surface area contributed by atoms with E-state index in [2.05, 4.69) is 4.98 Å². The number of nitrogens with zero attached hydrogens (tertiary/aromatic N) is 2. The highest BCUT2D eigenvalue weighted by atomic mass is 19.4. The largest absolute Gasteiger partial charge is 0.417 e. The van der Waals surface area contributed by atoms with Crippen molar-refractivity contribution in [2.45, 2.75) is 12.8 Å². The van der Waals surface area contributed by atoms with Gasteiger partial charge in [-0.3, -0.25) is 4.79 Å². The van der Waals surface area contributed by atoms with Crippen LogP contribution in [0.3, 0.4) is 0 Å². The van der Waals surface area contributed by atoms with Gasteiger partial charge in [-0.15, -0.1) is 0 Å². The average molecular weight is 258 g/mol. The lowest BCUT2D eigenvalue weighted by Gasteiger charge is -2.10. The fraction of sp³-hybridized carbons (Fsp3) is 0.273. The Morgan fingerprint density at radius 1 is 1.44 bits per heavy atom. The third-order valence-electron chi connectivity index (χ3n) is 2.39. The van der Waals surface area contributed by atoms with Crippen LogP contribution >= 0.6 is 0 Å². The van der Waals surface area contributed by atoms with Crippen LogP contribution in [0.1, 0.15) is 21.6 Å². The van der Waals surface area contributed by atoms with Crippen LogP contribution in [0.4, 0.5) is 13.2 Å². The number of pyridine rings is 1. The number of ether oxygens (including phenoxy) is 1. The highest BCUT2D eigenvalue weighted by molar-refractivity contribution is 5.73. The summed E-state index contributed by atoms with van der Waals surface area (Å²) in [6.07, 6.45) is -1.83. The number of methoxy groups -OCH3 is 1. The summed E-state index contributed by atoms with van der Waals surface area (Å²) in [6, 6.07) is 0.973. The lowest BCUT2D eigenvalue weighted by Crippen LogP contribution is -2.08. The number of fused-ring (bicyclic) bond motifs is 1. The van der Waals surface area contributed by atoms with E-state index < -0.39 is 11.7 Å². The van der Waals surface area contributed by atoms with E-state index >= 15 is 0 Å². The standard InChI is InChI=1S/C11H9F3N2O2/c1-18-6-7-2-8(11(12,13)14)3-16-4-9(5-17)15-10(7)16/h2-5H,6H2,1H3. The molecule has 0 bridgehead atoms. The average Bonchev–Trinajstić information content (AvgIpc) is 2.71. The van der Waals surface area contributed by atoms with Gasteiger partial charge in [-0.1, -0.05) is 0 Å². The first kappa shape index (κ1) is 12.6. The predicted octanol–water partition coefficient (Wildman–Crippen LogP) is 2.31. The number of imidazole rings is 1. The van der Waals surface area contributed by atoms with Crippen LogP contribution in [0.5, 0.6) is 0 Å². The first-order chi connectivity index (χ1) is 8.45. The number of halogens is 3. The second kappa shape index (κ2) is 4.41. The van der Waals surface area contributed by atoms with Crippen molar-refractivity contribution in [2.24, 2.45) is 0 Å². The lowest BCUT2D eigenvalue weighted by molar-refractivity contribution is -0.137. The maximum Gasteiger partial charge on any atom is 0.417 e. The van der Waals surface area contributed by atoms with Gasteiger partial charge in [-0.2, -0.15) is 13.2 Å². The first-order valence-electron chi connectivity index (χ1n) is 4.98. The van der Waals surface area contributed by atoms with Gasteiger partial charge < -0.3 is 9.14 Å². The van der Waals surface area contributed by atoms with Crippen molar-refractivity contribution in [3.63, 3.8) is 0 Å². The quantitative estimate of drug-likeness (QED) is 0.793. The maximum atomic E-state index is 12.7. The summed E-state index contributed by atoms with van der Waals surface area (Å²) >= 11 is 0. The van der Waals surface area contributed by atoms with Crippen molar-refractivity contribution in [3.8, 4) is 0 Å². The molecule has 0 atom stereocenters. The van der Waals surface area contributed by atoms with Gasteiger partial charge in [0, 0.05) is 25.1 Å². The van der Waals surface area contributed by atoms with Gasteiger partial charge in [0.2, 0.25) is 0 Å². The van der Waals surface area contributed by atoms with E-state index in [9.17, 15) is 18.0 Å². The zero-order valence-corrected chi connectivity index (χ0v) is 9.36. The van der Waals surface area contributed by atoms with E-state index in [1.807, 2.05) is 0 Å². The summed E-state index contributed by atoms with van der Waals surface area (Å²) < 4.78 is 44.1. The summed E-state index contributed by atoms with van der Waals surface area (Å²) in [5, 5.41) is 0. The molecule has 0 amide bonds. The Labute approximate surface area is 100 Å². The van der Waals surface area contributed by atoms with Crippen LogP contribution in [-0.2, 0) is 17.5 Å². The Bertz CT molecular complexity index is 590. The summed E-state index contributed by atoms with van der Waals surface area (Å²) in [6.45, 7) is -0.0112. The van der Waals surface area contributed by atoms with Crippen molar-refractivity contribution in [1.29, 1.82) is 0 Å². The molecule has 0 radical (unpaired) electrons. The normalized spacial score (nSPS) is 12.0. The van der Waals surface area contributed by atoms with Crippen molar-refractivity contribution in [2.75, 3.05) is 7.11 Å². The molecule has 2 aromatic heterocycles. The minimum atomic E-state index is -4.46. The molecular weight excluding hydrogens is 249 g/mol. The second-order valence-electron chi connectivity index (χ2n) is 3.70. The van der Waals surface area contributed by atoms with E-state index in [1.165, 1.54) is 17.7 Å². The fourth-order valence-electron chi connectivity index (χ4n) is 1.66. The zero-order valence-electron chi connectivity index (χ0n) is 9.36. The highest BCUT2D eigenvalue weighted by Crippen LogP contribution is 2.30. The van der Waals surface area contributed by atoms with Gasteiger partial charge in [-0.25, -0.2) is 4.98 Å². The summed E-state index contributed by atoms with van der Waals surface area (Å²) in [4.78, 5) is 14.5. The van der Waals surface area contributed by atoms with Crippen LogP contribution < -0.4 is 0 Å². The monoisotopic (exact) mass is 258 g/mol. The van der Waals surface area contributed by atoms with Crippen molar-refractivity contribution in [1.82, 2.24) is 9.38 Å². The Morgan fingerprint density at radius 3 is 2.72 bits per heavy atom. The van der Waals surface area contributed by atoms with Crippen molar-refractivity contribution >= 4 is 11.9 Å². The minimum Gasteiger partial charge on any atom is -0.380 e. The smallest absolute Gasteiger partial charge is 0.380 e. The molecule has 2 rings (SSSR count). The zero-order chi connectivity index (χ0) is 13.3. The molecule has 2 heterocycles. The summed E-state index contributed by atoms with van der Waals surface area (Å²) in [5.74, 6) is 0. The molecule has 0 aromatic carbocycles. The Kier molecular flexibility index (Phi) is 3.08. The molecule has 0 saturated heterocycles. The van der Waals surface area contributed by atoms with Gasteiger partial charge in [0.05, 0.1) is 12.2 Å². The molecule has 0 N–H and O–H groups in total. The molecule has 0 spiro atoms. The fourth-order valence-corrected chi connectivity index (χ4v) is 1.66. The van der Waals surface area contributed by atoms with Crippen LogP contribution in [-0.4, -0.2) is 22.8 Å². The SMILES string of the molecule is COCc1cc(C(F)(F)F)cn2cc(C=O)nc12. The van der Waals surface area contributed by atoms with Crippen molar-refractivity contribution in [3.05, 3.63) is 35.3 Å². The van der Waals surface area contributed by atoms with E-state index in [0.29, 0.717) is 6.29 Å². The van der Waals surface area contributed by atoms with Gasteiger partial charge in [0.25, 0.3) is 0 Å². The number of carbonyl (C=O) groups is 1. The van der Waals surface area contributed by atoms with E-state index in [0.717, 1.165) is 12.3 Å². The molecule has 0 aliphatic carbocycles. The Hall–Kier alpha value is -1.89. The third-order valence-corrected chi connectivity index (χ3v) is 2.39. The topological polar surface area (TPSA) is 43.6 Å². The van der Waals surface area contributed by atoms with E-state index in [1.54, 1.807) is 0 Å². The molecular formula is C11H9F3N2O2. The molecule has 0 aliphatic heterocycles. The highest BCUT2D eigenvalue weighted by Gasteiger charge is 2.32. The number of hydrogen-bond acceptors (Lipinski definition) is 3. The third kappa shape index (κ3) is 2.21. The van der Waals surface area contributed by atoms with Gasteiger partial charge in [-0.05, 0) is 6.07 Å². The molecule has 2 aromatic rings. The minimum absolute atomic E-state index is 0.0112. The van der Waals surface area contributed by atoms with Gasteiger partial charge in [0.15, 0.2) is 6.29 Å². The van der Waals surface area contributed by atoms with Gasteiger partial charge >= 0.3 is 6.18 Å². The number of aldehydes is 1. The molecule has 96 valence electrons. The number of hydrogen-bond donors (Lipinski definition) is 0. The van der Waals surface area contributed by atoms with Crippen LogP contribution in [0.15, 0.2) is 18.5 Å². The first-order valence-corrected chi connectivity index (χ1v) is 4.98. The number of alkyl halides is 3. The predicted molar refractivity (Wildman–Crippen MR) is 56.3 cm³/mol. The molecule has 7 heteroatoms. The van der Waals surface area contributed by atoms with Crippen LogP contribution in [0.25, 0.3) is 5.65 Å². The summed E-state index contributed by atoms with van der Waals surface area (Å²) in [7, 11) is 1.38.